The quantitative estimate of drug-likeness (QED) is 0.667. The van der Waals surface area contributed by atoms with Crippen LogP contribution in [0.5, 0.6) is 11.8 Å². The van der Waals surface area contributed by atoms with E-state index >= 15 is 0 Å². The van der Waals surface area contributed by atoms with Crippen LogP contribution >= 0.6 is 0 Å². The molecule has 0 atom stereocenters. The van der Waals surface area contributed by atoms with Crippen molar-refractivity contribution in [3.8, 4) is 11.8 Å². The molecule has 3 N–H and O–H groups in total. The summed E-state index contributed by atoms with van der Waals surface area (Å²) < 4.78 is 5.34. The first kappa shape index (κ1) is 15.2. The van der Waals surface area contributed by atoms with E-state index in [-0.39, 0.29) is 11.6 Å². The molecule has 19 heavy (non-hydrogen) atoms. The number of nitrogens with zero attached hydrogens (tertiary/aromatic N) is 2. The summed E-state index contributed by atoms with van der Waals surface area (Å²) in [5.74, 6) is -1.10. The van der Waals surface area contributed by atoms with Gasteiger partial charge in [0, 0.05) is 0 Å². The number of hydrogen-bond acceptors (Lipinski definition) is 5. The van der Waals surface area contributed by atoms with E-state index < -0.39 is 11.8 Å². The van der Waals surface area contributed by atoms with Crippen LogP contribution in [-0.4, -0.2) is 27.6 Å². The maximum absolute atomic E-state index is 10.8. The first-order valence-corrected chi connectivity index (χ1v) is 6.63. The van der Waals surface area contributed by atoms with Crippen LogP contribution in [0.4, 0.5) is 0 Å². The number of nitrogens with two attached hydrogens (primary N) is 1. The molecule has 106 valence electrons. The van der Waals surface area contributed by atoms with Gasteiger partial charge < -0.3 is 15.6 Å². The second-order valence-electron chi connectivity index (χ2n) is 4.36. The highest BCUT2D eigenvalue weighted by Gasteiger charge is 2.11. The lowest BCUT2D eigenvalue weighted by atomic mass is 10.1. The standard InChI is InChI=1S/C13H21N3O3/c1-2-3-4-5-6-7-8-19-10-9-15-11(12(14)17)13(18)16-10/h9H,2-8H2,1H3,(H2,14,17)(H,16,18). The Bertz CT molecular complexity index is 410. The number of carbonyl (C=O) groups excluding carboxylic acids is 1. The molecule has 1 amide bonds. The smallest absolute Gasteiger partial charge is 0.272 e. The van der Waals surface area contributed by atoms with Gasteiger partial charge in [-0.1, -0.05) is 39.0 Å². The molecule has 6 nitrogen and oxygen atoms in total. The van der Waals surface area contributed by atoms with E-state index in [0.717, 1.165) is 12.8 Å². The fraction of sp³-hybridized carbons (Fsp3) is 0.615. The van der Waals surface area contributed by atoms with Gasteiger partial charge in [0.05, 0.1) is 12.8 Å². The van der Waals surface area contributed by atoms with E-state index in [1.54, 1.807) is 0 Å². The largest absolute Gasteiger partial charge is 0.492 e. The van der Waals surface area contributed by atoms with Crippen molar-refractivity contribution in [3.63, 3.8) is 0 Å². The van der Waals surface area contributed by atoms with E-state index in [9.17, 15) is 9.90 Å². The lowest BCUT2D eigenvalue weighted by Crippen LogP contribution is -2.14. The normalized spacial score (nSPS) is 10.4. The van der Waals surface area contributed by atoms with Gasteiger partial charge in [-0.25, -0.2) is 4.98 Å². The van der Waals surface area contributed by atoms with E-state index in [1.807, 2.05) is 0 Å². The molecule has 0 saturated carbocycles. The summed E-state index contributed by atoms with van der Waals surface area (Å²) in [6.07, 6.45) is 8.30. The van der Waals surface area contributed by atoms with Gasteiger partial charge in [-0.2, -0.15) is 4.98 Å². The minimum Gasteiger partial charge on any atom is -0.492 e. The van der Waals surface area contributed by atoms with Crippen molar-refractivity contribution < 1.29 is 14.6 Å². The molecule has 0 radical (unpaired) electrons. The molecule has 0 bridgehead atoms. The van der Waals surface area contributed by atoms with E-state index in [4.69, 9.17) is 10.5 Å². The summed E-state index contributed by atoms with van der Waals surface area (Å²) in [7, 11) is 0. The molecule has 0 aromatic carbocycles. The Balaban J connectivity index is 2.26. The zero-order valence-corrected chi connectivity index (χ0v) is 11.3. The molecular formula is C13H21N3O3. The fourth-order valence-electron chi connectivity index (χ4n) is 1.67. The van der Waals surface area contributed by atoms with Crippen molar-refractivity contribution in [2.75, 3.05) is 6.61 Å². The third-order valence-electron chi connectivity index (χ3n) is 2.71. The molecule has 1 aromatic rings. The van der Waals surface area contributed by atoms with Gasteiger partial charge >= 0.3 is 0 Å². The fourth-order valence-corrected chi connectivity index (χ4v) is 1.67. The van der Waals surface area contributed by atoms with Crippen LogP contribution in [0.15, 0.2) is 6.20 Å². The SMILES string of the molecule is CCCCCCCCOc1cnc(C(N)=O)c(O)n1. The molecule has 6 heteroatoms. The minimum absolute atomic E-state index is 0.205. The highest BCUT2D eigenvalue weighted by molar-refractivity contribution is 5.92. The molecule has 1 rings (SSSR count). The summed E-state index contributed by atoms with van der Waals surface area (Å²) >= 11 is 0. The molecule has 0 aliphatic carbocycles. The first-order chi connectivity index (χ1) is 9.15. The van der Waals surface area contributed by atoms with Crippen LogP contribution in [-0.2, 0) is 0 Å². The zero-order chi connectivity index (χ0) is 14.1. The maximum atomic E-state index is 10.8. The number of amides is 1. The van der Waals surface area contributed by atoms with Gasteiger partial charge in [-0.05, 0) is 6.42 Å². The number of carbonyl (C=O) groups is 1. The van der Waals surface area contributed by atoms with Crippen LogP contribution in [0.1, 0.15) is 55.9 Å². The third-order valence-corrected chi connectivity index (χ3v) is 2.71. The molecular weight excluding hydrogens is 246 g/mol. The number of hydrogen-bond donors (Lipinski definition) is 2. The van der Waals surface area contributed by atoms with E-state index in [2.05, 4.69) is 16.9 Å². The summed E-state index contributed by atoms with van der Waals surface area (Å²) in [6, 6.07) is 0. The molecule has 0 saturated heterocycles. The molecule has 1 heterocycles. The summed E-state index contributed by atoms with van der Waals surface area (Å²) in [4.78, 5) is 18.3. The molecule has 0 unspecified atom stereocenters. The molecule has 1 aromatic heterocycles. The van der Waals surface area contributed by atoms with Gasteiger partial charge in [0.2, 0.25) is 11.8 Å². The first-order valence-electron chi connectivity index (χ1n) is 6.63. The van der Waals surface area contributed by atoms with Crippen LogP contribution in [0.25, 0.3) is 0 Å². The molecule has 0 spiro atoms. The molecule has 0 fully saturated rings. The van der Waals surface area contributed by atoms with Crippen molar-refractivity contribution in [3.05, 3.63) is 11.9 Å². The monoisotopic (exact) mass is 267 g/mol. The van der Waals surface area contributed by atoms with Gasteiger partial charge in [0.25, 0.3) is 5.91 Å². The third kappa shape index (κ3) is 5.54. The van der Waals surface area contributed by atoms with Crippen LogP contribution in [0, 0.1) is 0 Å². The summed E-state index contributed by atoms with van der Waals surface area (Å²) in [6.45, 7) is 2.71. The second kappa shape index (κ2) is 8.29. The highest BCUT2D eigenvalue weighted by Crippen LogP contribution is 2.15. The van der Waals surface area contributed by atoms with Crippen molar-refractivity contribution >= 4 is 5.91 Å². The van der Waals surface area contributed by atoms with Crippen LogP contribution in [0.3, 0.4) is 0 Å². The van der Waals surface area contributed by atoms with Gasteiger partial charge in [0.1, 0.15) is 0 Å². The van der Waals surface area contributed by atoms with Crippen LogP contribution in [0.2, 0.25) is 0 Å². The van der Waals surface area contributed by atoms with Crippen LogP contribution < -0.4 is 10.5 Å². The summed E-state index contributed by atoms with van der Waals surface area (Å²) in [5, 5.41) is 9.41. The number of aromatic hydroxyl groups is 1. The van der Waals surface area contributed by atoms with Gasteiger partial charge in [-0.15, -0.1) is 0 Å². The number of ether oxygens (including phenoxy) is 1. The average molecular weight is 267 g/mol. The second-order valence-corrected chi connectivity index (χ2v) is 4.36. The van der Waals surface area contributed by atoms with E-state index in [1.165, 1.54) is 31.9 Å². The predicted octanol–water partition coefficient (Wildman–Crippen LogP) is 2.02. The Morgan fingerprint density at radius 3 is 2.63 bits per heavy atom. The number of unbranched alkanes of at least 4 members (excludes halogenated alkanes) is 5. The number of aromatic nitrogens is 2. The Labute approximate surface area is 113 Å². The lowest BCUT2D eigenvalue weighted by Gasteiger charge is -2.06. The molecule has 0 aliphatic heterocycles. The van der Waals surface area contributed by atoms with Crippen molar-refractivity contribution in [1.82, 2.24) is 9.97 Å². The Morgan fingerprint density at radius 1 is 1.32 bits per heavy atom. The maximum Gasteiger partial charge on any atom is 0.272 e. The Hall–Kier alpha value is -1.85. The van der Waals surface area contributed by atoms with Crippen molar-refractivity contribution in [1.29, 1.82) is 0 Å². The predicted molar refractivity (Wildman–Crippen MR) is 71.1 cm³/mol. The minimum atomic E-state index is -0.813. The van der Waals surface area contributed by atoms with Gasteiger partial charge in [-0.3, -0.25) is 4.79 Å². The molecule has 0 aliphatic rings. The van der Waals surface area contributed by atoms with Crippen molar-refractivity contribution in [2.45, 2.75) is 45.4 Å². The lowest BCUT2D eigenvalue weighted by molar-refractivity contribution is 0.0991. The highest BCUT2D eigenvalue weighted by atomic mass is 16.5. The summed E-state index contributed by atoms with van der Waals surface area (Å²) in [5.41, 5.74) is 4.76. The topological polar surface area (TPSA) is 98.3 Å². The average Bonchev–Trinajstić information content (AvgIpc) is 2.37. The van der Waals surface area contributed by atoms with E-state index in [0.29, 0.717) is 6.61 Å². The van der Waals surface area contributed by atoms with Crippen molar-refractivity contribution in [2.24, 2.45) is 5.73 Å². The Morgan fingerprint density at radius 2 is 2.00 bits per heavy atom. The zero-order valence-electron chi connectivity index (χ0n) is 11.3. The number of rotatable bonds is 9. The van der Waals surface area contributed by atoms with Gasteiger partial charge in [0.15, 0.2) is 5.69 Å². The Kier molecular flexibility index (Phi) is 6.63. The number of primary amides is 1.